The lowest BCUT2D eigenvalue weighted by Gasteiger charge is -2.16. The molecular weight excluding hydrogens is 601 g/mol. The zero-order chi connectivity index (χ0) is 24.4. The van der Waals surface area contributed by atoms with E-state index in [4.69, 9.17) is 33.3 Å². The number of anilines is 1. The number of ether oxygens (including phenoxy) is 2. The van der Waals surface area contributed by atoms with E-state index in [1.165, 1.54) is 17.3 Å². The Balaban J connectivity index is 1.59. The van der Waals surface area contributed by atoms with Crippen LogP contribution in [-0.2, 0) is 11.4 Å². The largest absolute Gasteiger partial charge is 0.493 e. The highest BCUT2D eigenvalue weighted by Gasteiger charge is 2.33. The van der Waals surface area contributed by atoms with Crippen LogP contribution in [0.3, 0.4) is 0 Å². The van der Waals surface area contributed by atoms with Gasteiger partial charge in [0.2, 0.25) is 0 Å². The molecule has 0 N–H and O–H groups in total. The van der Waals surface area contributed by atoms with E-state index < -0.39 is 0 Å². The molecule has 1 saturated heterocycles. The molecule has 1 amide bonds. The summed E-state index contributed by atoms with van der Waals surface area (Å²) in [5.41, 5.74) is 4.78. The predicted molar refractivity (Wildman–Crippen MR) is 153 cm³/mol. The Morgan fingerprint density at radius 1 is 1.12 bits per heavy atom. The SMILES string of the molecule is COc1cc(/C=C2/SC(=S)N(c3ccc(C)c(C)c3)C2=O)cc(I)c1OCc1ccccc1Cl. The van der Waals surface area contributed by atoms with Crippen molar-refractivity contribution in [2.24, 2.45) is 0 Å². The van der Waals surface area contributed by atoms with Crippen LogP contribution in [0.1, 0.15) is 22.3 Å². The van der Waals surface area contributed by atoms with Crippen molar-refractivity contribution in [2.45, 2.75) is 20.5 Å². The molecule has 1 aliphatic rings. The minimum Gasteiger partial charge on any atom is -0.493 e. The van der Waals surface area contributed by atoms with Crippen molar-refractivity contribution in [1.82, 2.24) is 0 Å². The monoisotopic (exact) mass is 621 g/mol. The lowest BCUT2D eigenvalue weighted by atomic mass is 10.1. The van der Waals surface area contributed by atoms with E-state index >= 15 is 0 Å². The fourth-order valence-corrected chi connectivity index (χ4v) is 5.71. The van der Waals surface area contributed by atoms with Crippen LogP contribution in [0.2, 0.25) is 5.02 Å². The van der Waals surface area contributed by atoms with Crippen LogP contribution in [0.4, 0.5) is 5.69 Å². The number of carbonyl (C=O) groups is 1. The minimum absolute atomic E-state index is 0.133. The molecule has 8 heteroatoms. The van der Waals surface area contributed by atoms with Crippen molar-refractivity contribution in [3.63, 3.8) is 0 Å². The van der Waals surface area contributed by atoms with Gasteiger partial charge >= 0.3 is 0 Å². The third kappa shape index (κ3) is 5.27. The average molecular weight is 622 g/mol. The van der Waals surface area contributed by atoms with Crippen LogP contribution in [0.25, 0.3) is 6.08 Å². The van der Waals surface area contributed by atoms with Crippen molar-refractivity contribution in [1.29, 1.82) is 0 Å². The van der Waals surface area contributed by atoms with Gasteiger partial charge in [-0.05, 0) is 89.5 Å². The van der Waals surface area contributed by atoms with E-state index in [0.29, 0.717) is 32.4 Å². The Kier molecular flexibility index (Phi) is 7.87. The third-order valence-electron chi connectivity index (χ3n) is 5.42. The lowest BCUT2D eigenvalue weighted by molar-refractivity contribution is -0.113. The van der Waals surface area contributed by atoms with Gasteiger partial charge in [0, 0.05) is 10.6 Å². The lowest BCUT2D eigenvalue weighted by Crippen LogP contribution is -2.27. The topological polar surface area (TPSA) is 38.8 Å². The number of halogens is 2. The smallest absolute Gasteiger partial charge is 0.270 e. The second-order valence-corrected chi connectivity index (χ2v) is 10.9. The van der Waals surface area contributed by atoms with E-state index in [1.807, 2.05) is 74.5 Å². The number of nitrogens with zero attached hydrogens (tertiary/aromatic N) is 1. The van der Waals surface area contributed by atoms with Gasteiger partial charge in [-0.15, -0.1) is 0 Å². The number of amides is 1. The molecule has 3 aromatic carbocycles. The van der Waals surface area contributed by atoms with Crippen molar-refractivity contribution in [2.75, 3.05) is 12.0 Å². The zero-order valence-corrected chi connectivity index (χ0v) is 23.3. The first kappa shape index (κ1) is 25.0. The van der Waals surface area contributed by atoms with Crippen LogP contribution >= 0.6 is 58.2 Å². The van der Waals surface area contributed by atoms with Gasteiger partial charge in [0.05, 0.1) is 21.3 Å². The summed E-state index contributed by atoms with van der Waals surface area (Å²) in [4.78, 5) is 15.3. The molecule has 1 heterocycles. The number of carbonyl (C=O) groups excluding carboxylic acids is 1. The van der Waals surface area contributed by atoms with Gasteiger partial charge in [-0.3, -0.25) is 9.69 Å². The zero-order valence-electron chi connectivity index (χ0n) is 18.7. The van der Waals surface area contributed by atoms with Crippen molar-refractivity contribution in [3.8, 4) is 11.5 Å². The van der Waals surface area contributed by atoms with E-state index in [-0.39, 0.29) is 5.91 Å². The first-order valence-electron chi connectivity index (χ1n) is 10.4. The molecular formula is C26H21ClINO3S2. The number of rotatable bonds is 6. The number of aryl methyl sites for hydroxylation is 2. The highest BCUT2D eigenvalue weighted by Crippen LogP contribution is 2.39. The van der Waals surface area contributed by atoms with Crippen LogP contribution in [0.15, 0.2) is 59.5 Å². The Morgan fingerprint density at radius 3 is 2.59 bits per heavy atom. The van der Waals surface area contributed by atoms with Gasteiger partial charge < -0.3 is 9.47 Å². The van der Waals surface area contributed by atoms with Gasteiger partial charge in [0.15, 0.2) is 15.8 Å². The Bertz CT molecular complexity index is 1330. The maximum atomic E-state index is 13.2. The fourth-order valence-electron chi connectivity index (χ4n) is 3.43. The van der Waals surface area contributed by atoms with Crippen LogP contribution in [0, 0.1) is 17.4 Å². The van der Waals surface area contributed by atoms with Crippen molar-refractivity contribution in [3.05, 3.63) is 90.3 Å². The van der Waals surface area contributed by atoms with Gasteiger partial charge in [0.25, 0.3) is 5.91 Å². The number of methoxy groups -OCH3 is 1. The van der Waals surface area contributed by atoms with Gasteiger partial charge in [-0.2, -0.15) is 0 Å². The maximum Gasteiger partial charge on any atom is 0.270 e. The van der Waals surface area contributed by atoms with Gasteiger partial charge in [0.1, 0.15) is 6.61 Å². The van der Waals surface area contributed by atoms with E-state index in [0.717, 1.165) is 25.9 Å². The molecule has 4 nitrogen and oxygen atoms in total. The van der Waals surface area contributed by atoms with Gasteiger partial charge in [-0.1, -0.05) is 59.8 Å². The average Bonchev–Trinajstić information content (AvgIpc) is 3.08. The summed E-state index contributed by atoms with van der Waals surface area (Å²) in [5.74, 6) is 1.07. The molecule has 0 bridgehead atoms. The fraction of sp³-hybridized carbons (Fsp3) is 0.154. The summed E-state index contributed by atoms with van der Waals surface area (Å²) in [7, 11) is 1.59. The minimum atomic E-state index is -0.133. The molecule has 3 aromatic rings. The van der Waals surface area contributed by atoms with E-state index in [2.05, 4.69) is 22.6 Å². The normalized spacial score (nSPS) is 14.7. The number of hydrogen-bond donors (Lipinski definition) is 0. The standard InChI is InChI=1S/C26H21ClINO3S2/c1-15-8-9-19(10-16(15)2)29-25(30)23(34-26(29)33)13-17-11-21(28)24(22(12-17)31-3)32-14-18-6-4-5-7-20(18)27/h4-13H,14H2,1-3H3/b23-13+. The maximum absolute atomic E-state index is 13.2. The van der Waals surface area contributed by atoms with E-state index in [9.17, 15) is 4.79 Å². The Labute approximate surface area is 227 Å². The molecule has 0 unspecified atom stereocenters. The molecule has 0 aliphatic carbocycles. The van der Waals surface area contributed by atoms with Crippen molar-refractivity contribution >= 4 is 80.2 Å². The molecule has 0 aromatic heterocycles. The second-order valence-electron chi connectivity index (χ2n) is 7.70. The third-order valence-corrected chi connectivity index (χ3v) is 7.89. The molecule has 34 heavy (non-hydrogen) atoms. The number of thioether (sulfide) groups is 1. The molecule has 0 atom stereocenters. The molecule has 0 saturated carbocycles. The van der Waals surface area contributed by atoms with Crippen LogP contribution < -0.4 is 14.4 Å². The highest BCUT2D eigenvalue weighted by molar-refractivity contribution is 14.1. The Morgan fingerprint density at radius 2 is 1.88 bits per heavy atom. The predicted octanol–water partition coefficient (Wildman–Crippen LogP) is 7.55. The number of hydrogen-bond acceptors (Lipinski definition) is 5. The van der Waals surface area contributed by atoms with Gasteiger partial charge in [-0.25, -0.2) is 0 Å². The molecule has 1 aliphatic heterocycles. The highest BCUT2D eigenvalue weighted by atomic mass is 127. The molecule has 1 fully saturated rings. The second kappa shape index (κ2) is 10.7. The number of benzene rings is 3. The summed E-state index contributed by atoms with van der Waals surface area (Å²) in [6, 6.07) is 17.3. The summed E-state index contributed by atoms with van der Waals surface area (Å²) in [5, 5.41) is 0.652. The number of thiocarbonyl (C=S) groups is 1. The first-order valence-corrected chi connectivity index (χ1v) is 13.1. The molecule has 0 radical (unpaired) electrons. The Hall–Kier alpha value is -2.07. The summed E-state index contributed by atoms with van der Waals surface area (Å²) in [6.07, 6.45) is 1.84. The quantitative estimate of drug-likeness (QED) is 0.161. The molecule has 174 valence electrons. The van der Waals surface area contributed by atoms with Crippen molar-refractivity contribution < 1.29 is 14.3 Å². The molecule has 4 rings (SSSR count). The first-order chi connectivity index (χ1) is 16.3. The van der Waals surface area contributed by atoms with Crippen LogP contribution in [-0.4, -0.2) is 17.3 Å². The summed E-state index contributed by atoms with van der Waals surface area (Å²) >= 11 is 15.3. The molecule has 0 spiro atoms. The summed E-state index contributed by atoms with van der Waals surface area (Å²) in [6.45, 7) is 4.38. The summed E-state index contributed by atoms with van der Waals surface area (Å²) < 4.78 is 13.0. The van der Waals surface area contributed by atoms with E-state index in [1.54, 1.807) is 12.0 Å². The van der Waals surface area contributed by atoms with Crippen LogP contribution in [0.5, 0.6) is 11.5 Å².